The van der Waals surface area contributed by atoms with Crippen molar-refractivity contribution in [1.29, 1.82) is 0 Å². The van der Waals surface area contributed by atoms with Crippen LogP contribution in [0, 0.1) is 0 Å². The molecule has 5 nitrogen and oxygen atoms in total. The molecule has 0 saturated carbocycles. The molecule has 0 bridgehead atoms. The van der Waals surface area contributed by atoms with Crippen LogP contribution < -0.4 is 4.74 Å². The lowest BCUT2D eigenvalue weighted by molar-refractivity contribution is 0.0688. The van der Waals surface area contributed by atoms with Gasteiger partial charge in [-0.15, -0.1) is 11.6 Å². The van der Waals surface area contributed by atoms with Gasteiger partial charge in [0.2, 0.25) is 0 Å². The van der Waals surface area contributed by atoms with Crippen LogP contribution in [0.3, 0.4) is 0 Å². The molecule has 0 aliphatic carbocycles. The second-order valence-corrected chi connectivity index (χ2v) is 5.67. The van der Waals surface area contributed by atoms with E-state index in [0.29, 0.717) is 4.47 Å². The van der Waals surface area contributed by atoms with Crippen molar-refractivity contribution in [2.45, 2.75) is 5.56 Å². The van der Waals surface area contributed by atoms with Crippen LogP contribution >= 0.6 is 55.1 Å². The highest BCUT2D eigenvalue weighted by atomic mass is 79.9. The Bertz CT molecular complexity index is 509. The van der Waals surface area contributed by atoms with Gasteiger partial charge < -0.3 is 14.6 Å². The van der Waals surface area contributed by atoms with Gasteiger partial charge in [0.15, 0.2) is 11.3 Å². The van der Waals surface area contributed by atoms with E-state index < -0.39 is 17.7 Å². The summed E-state index contributed by atoms with van der Waals surface area (Å²) < 4.78 is 10.2. The van der Waals surface area contributed by atoms with Gasteiger partial charge in [0.1, 0.15) is 5.56 Å². The molecule has 0 heterocycles. The fourth-order valence-corrected chi connectivity index (χ4v) is 2.51. The first-order chi connectivity index (χ1) is 8.85. The molecule has 1 aromatic rings. The Hall–Kier alpha value is -0.500. The van der Waals surface area contributed by atoms with Crippen LogP contribution in [0.1, 0.15) is 10.4 Å². The number of rotatable bonds is 4. The third-order valence-electron chi connectivity index (χ3n) is 1.77. The Morgan fingerprint density at radius 2 is 2.00 bits per heavy atom. The smallest absolute Gasteiger partial charge is 0.478 e. The van der Waals surface area contributed by atoms with Gasteiger partial charge in [-0.3, -0.25) is 0 Å². The highest BCUT2D eigenvalue weighted by Gasteiger charge is 2.21. The summed E-state index contributed by atoms with van der Waals surface area (Å²) in [6.45, 7) is 0. The van der Waals surface area contributed by atoms with Crippen LogP contribution in [-0.4, -0.2) is 28.7 Å². The predicted octanol–water partition coefficient (Wildman–Crippen LogP) is 4.23. The summed E-state index contributed by atoms with van der Waals surface area (Å²) in [7, 11) is 0. The van der Waals surface area contributed by atoms with Crippen LogP contribution in [-0.2, 0) is 4.74 Å². The monoisotopic (exact) mass is 434 g/mol. The van der Waals surface area contributed by atoms with Crippen LogP contribution in [0.4, 0.5) is 4.79 Å². The fourth-order valence-electron chi connectivity index (χ4n) is 1.07. The highest BCUT2D eigenvalue weighted by Crippen LogP contribution is 2.33. The summed E-state index contributed by atoms with van der Waals surface area (Å²) in [4.78, 5) is 22.4. The standard InChI is InChI=1S/C10H6Br2Cl2O5/c11-4-1-5(9(15)16)8(6(12)2-4)19-10(17)18-7(14)3-13/h1-2,7H,3H2,(H,15,16). The molecule has 0 aliphatic rings. The molecule has 1 rings (SSSR count). The van der Waals surface area contributed by atoms with E-state index in [-0.39, 0.29) is 21.7 Å². The van der Waals surface area contributed by atoms with Crippen molar-refractivity contribution in [1.82, 2.24) is 0 Å². The van der Waals surface area contributed by atoms with Gasteiger partial charge in [-0.2, -0.15) is 0 Å². The van der Waals surface area contributed by atoms with E-state index >= 15 is 0 Å². The number of benzene rings is 1. The molecule has 0 aliphatic heterocycles. The SMILES string of the molecule is O=C(Oc1c(Br)cc(Br)cc1C(=O)O)OC(Cl)CCl. The summed E-state index contributed by atoms with van der Waals surface area (Å²) in [6.07, 6.45) is -1.15. The predicted molar refractivity (Wildman–Crippen MR) is 76.3 cm³/mol. The number of carboxylic acid groups (broad SMARTS) is 1. The Morgan fingerprint density at radius 1 is 1.37 bits per heavy atom. The van der Waals surface area contributed by atoms with Crippen molar-refractivity contribution in [3.05, 3.63) is 26.6 Å². The highest BCUT2D eigenvalue weighted by molar-refractivity contribution is 9.11. The Morgan fingerprint density at radius 3 is 2.53 bits per heavy atom. The normalized spacial score (nSPS) is 11.8. The molecule has 1 aromatic carbocycles. The summed E-state index contributed by atoms with van der Waals surface area (Å²) in [5.74, 6) is -1.56. The van der Waals surface area contributed by atoms with Crippen molar-refractivity contribution in [2.24, 2.45) is 0 Å². The molecular formula is C10H6Br2Cl2O5. The van der Waals surface area contributed by atoms with Crippen molar-refractivity contribution in [3.63, 3.8) is 0 Å². The third-order valence-corrected chi connectivity index (χ3v) is 3.50. The van der Waals surface area contributed by atoms with E-state index in [2.05, 4.69) is 36.6 Å². The lowest BCUT2D eigenvalue weighted by Gasteiger charge is -2.12. The fraction of sp³-hybridized carbons (Fsp3) is 0.200. The Kier molecular flexibility index (Phi) is 6.38. The molecule has 9 heteroatoms. The van der Waals surface area contributed by atoms with Crippen molar-refractivity contribution in [2.75, 3.05) is 5.88 Å². The van der Waals surface area contributed by atoms with Crippen LogP contribution in [0.25, 0.3) is 0 Å². The zero-order valence-corrected chi connectivity index (χ0v) is 13.7. The summed E-state index contributed by atoms with van der Waals surface area (Å²) in [5, 5.41) is 9.03. The van der Waals surface area contributed by atoms with Gasteiger partial charge in [0.25, 0.3) is 0 Å². The van der Waals surface area contributed by atoms with Gasteiger partial charge >= 0.3 is 12.1 Å². The minimum absolute atomic E-state index is 0.121. The molecule has 0 amide bonds. The molecule has 1 N–H and O–H groups in total. The van der Waals surface area contributed by atoms with E-state index in [1.807, 2.05) is 0 Å². The molecule has 0 radical (unpaired) electrons. The number of ether oxygens (including phenoxy) is 2. The second-order valence-electron chi connectivity index (χ2n) is 3.10. The van der Waals surface area contributed by atoms with Crippen LogP contribution in [0.2, 0.25) is 0 Å². The summed E-state index contributed by atoms with van der Waals surface area (Å²) in [6, 6.07) is 2.81. The first-order valence-electron chi connectivity index (χ1n) is 4.66. The molecule has 0 aromatic heterocycles. The Labute approximate surface area is 135 Å². The number of hydrogen-bond donors (Lipinski definition) is 1. The lowest BCUT2D eigenvalue weighted by atomic mass is 10.2. The minimum Gasteiger partial charge on any atom is -0.478 e. The zero-order valence-electron chi connectivity index (χ0n) is 9.03. The Balaban J connectivity index is 3.00. The average molecular weight is 437 g/mol. The zero-order chi connectivity index (χ0) is 14.6. The number of hydrogen-bond acceptors (Lipinski definition) is 4. The maximum Gasteiger partial charge on any atom is 0.515 e. The molecule has 0 saturated heterocycles. The van der Waals surface area contributed by atoms with E-state index in [1.54, 1.807) is 0 Å². The van der Waals surface area contributed by atoms with Gasteiger partial charge in [-0.05, 0) is 28.1 Å². The van der Waals surface area contributed by atoms with Gasteiger partial charge in [-0.1, -0.05) is 27.5 Å². The van der Waals surface area contributed by atoms with E-state index in [4.69, 9.17) is 33.0 Å². The van der Waals surface area contributed by atoms with E-state index in [1.165, 1.54) is 12.1 Å². The maximum absolute atomic E-state index is 11.4. The number of alkyl halides is 2. The first-order valence-corrected chi connectivity index (χ1v) is 7.21. The number of halogens is 4. The summed E-state index contributed by atoms with van der Waals surface area (Å²) in [5.41, 5.74) is -1.27. The molecule has 0 fully saturated rings. The van der Waals surface area contributed by atoms with Gasteiger partial charge in [-0.25, -0.2) is 9.59 Å². The molecule has 19 heavy (non-hydrogen) atoms. The second kappa shape index (κ2) is 7.33. The third kappa shape index (κ3) is 4.83. The lowest BCUT2D eigenvalue weighted by Crippen LogP contribution is -2.19. The number of carbonyl (C=O) groups excluding carboxylic acids is 1. The molecule has 0 spiro atoms. The molecule has 1 unspecified atom stereocenters. The topological polar surface area (TPSA) is 72.8 Å². The van der Waals surface area contributed by atoms with E-state index in [9.17, 15) is 9.59 Å². The number of carbonyl (C=O) groups is 2. The van der Waals surface area contributed by atoms with Crippen LogP contribution in [0.15, 0.2) is 21.1 Å². The molecule has 1 atom stereocenters. The number of carboxylic acids is 1. The van der Waals surface area contributed by atoms with E-state index in [0.717, 1.165) is 0 Å². The quantitative estimate of drug-likeness (QED) is 0.434. The number of aromatic carboxylic acids is 1. The first kappa shape index (κ1) is 16.6. The van der Waals surface area contributed by atoms with Crippen molar-refractivity contribution < 1.29 is 24.2 Å². The average Bonchev–Trinajstić information content (AvgIpc) is 2.31. The maximum atomic E-state index is 11.4. The largest absolute Gasteiger partial charge is 0.515 e. The minimum atomic E-state index is -1.26. The van der Waals surface area contributed by atoms with Crippen LogP contribution in [0.5, 0.6) is 5.75 Å². The van der Waals surface area contributed by atoms with Crippen molar-refractivity contribution >= 4 is 67.2 Å². The van der Waals surface area contributed by atoms with Crippen molar-refractivity contribution in [3.8, 4) is 5.75 Å². The molecule has 104 valence electrons. The van der Waals surface area contributed by atoms with Gasteiger partial charge in [0.05, 0.1) is 10.4 Å². The summed E-state index contributed by atoms with van der Waals surface area (Å²) >= 11 is 17.1. The molecular weight excluding hydrogens is 431 g/mol. The van der Waals surface area contributed by atoms with Gasteiger partial charge in [0, 0.05) is 4.47 Å².